The van der Waals surface area contributed by atoms with Crippen LogP contribution in [0.3, 0.4) is 0 Å². The summed E-state index contributed by atoms with van der Waals surface area (Å²) in [5.41, 5.74) is 1.38. The first kappa shape index (κ1) is 15.9. The molecule has 3 heteroatoms. The van der Waals surface area contributed by atoms with Crippen molar-refractivity contribution in [3.63, 3.8) is 0 Å². The van der Waals surface area contributed by atoms with Crippen molar-refractivity contribution in [3.8, 4) is 11.5 Å². The molecule has 0 saturated carbocycles. The highest BCUT2D eigenvalue weighted by atomic mass is 79.9. The molecule has 1 unspecified atom stereocenters. The molecular weight excluding hydrogens is 328 g/mol. The Kier molecular flexibility index (Phi) is 6.61. The van der Waals surface area contributed by atoms with Crippen LogP contribution in [0.15, 0.2) is 54.6 Å². The van der Waals surface area contributed by atoms with Gasteiger partial charge in [0.25, 0.3) is 0 Å². The first-order valence-electron chi connectivity index (χ1n) is 7.18. The normalized spacial score (nSPS) is 11.9. The number of hydrogen-bond donors (Lipinski definition) is 0. The predicted molar refractivity (Wildman–Crippen MR) is 90.5 cm³/mol. The van der Waals surface area contributed by atoms with E-state index in [1.165, 1.54) is 5.56 Å². The molecule has 0 radical (unpaired) electrons. The average Bonchev–Trinajstić information content (AvgIpc) is 2.55. The van der Waals surface area contributed by atoms with Crippen LogP contribution in [-0.2, 0) is 6.42 Å². The van der Waals surface area contributed by atoms with Gasteiger partial charge in [-0.05, 0) is 48.6 Å². The fourth-order valence-corrected chi connectivity index (χ4v) is 2.75. The van der Waals surface area contributed by atoms with Crippen molar-refractivity contribution in [2.45, 2.75) is 12.8 Å². The van der Waals surface area contributed by atoms with Crippen LogP contribution in [0.2, 0.25) is 0 Å². The van der Waals surface area contributed by atoms with E-state index >= 15 is 0 Å². The summed E-state index contributed by atoms with van der Waals surface area (Å²) in [6.07, 6.45) is 2.12. The molecule has 2 aromatic carbocycles. The minimum atomic E-state index is 0.589. The van der Waals surface area contributed by atoms with Crippen molar-refractivity contribution >= 4 is 15.9 Å². The predicted octanol–water partition coefficient (Wildman–Crippen LogP) is 4.72. The Morgan fingerprint density at radius 1 is 0.952 bits per heavy atom. The molecule has 0 N–H and O–H groups in total. The van der Waals surface area contributed by atoms with Gasteiger partial charge in [-0.15, -0.1) is 0 Å². The molecule has 2 nitrogen and oxygen atoms in total. The van der Waals surface area contributed by atoms with Gasteiger partial charge in [-0.25, -0.2) is 0 Å². The second-order valence-electron chi connectivity index (χ2n) is 5.02. The van der Waals surface area contributed by atoms with Gasteiger partial charge >= 0.3 is 0 Å². The lowest BCUT2D eigenvalue weighted by Crippen LogP contribution is -2.11. The molecule has 0 saturated heterocycles. The molecule has 2 rings (SSSR count). The second kappa shape index (κ2) is 8.73. The van der Waals surface area contributed by atoms with Gasteiger partial charge in [0.2, 0.25) is 0 Å². The topological polar surface area (TPSA) is 18.5 Å². The summed E-state index contributed by atoms with van der Waals surface area (Å²) in [5, 5.41) is 0.994. The standard InChI is InChI=1S/C18H21BrO2/c1-20-17-7-9-18(10-8-17)21-12-11-16(14-19)13-15-5-3-2-4-6-15/h2-10,16H,11-14H2,1H3. The quantitative estimate of drug-likeness (QED) is 0.642. The number of ether oxygens (including phenoxy) is 2. The molecule has 0 aliphatic carbocycles. The summed E-state index contributed by atoms with van der Waals surface area (Å²) < 4.78 is 10.9. The van der Waals surface area contributed by atoms with E-state index in [9.17, 15) is 0 Å². The third-order valence-corrected chi connectivity index (χ3v) is 4.36. The van der Waals surface area contributed by atoms with Gasteiger partial charge in [-0.2, -0.15) is 0 Å². The number of methoxy groups -OCH3 is 1. The lowest BCUT2D eigenvalue weighted by atomic mass is 9.98. The number of alkyl halides is 1. The van der Waals surface area contributed by atoms with E-state index < -0.39 is 0 Å². The summed E-state index contributed by atoms with van der Waals surface area (Å²) in [6, 6.07) is 18.3. The third-order valence-electron chi connectivity index (χ3n) is 3.44. The van der Waals surface area contributed by atoms with E-state index in [1.54, 1.807) is 7.11 Å². The van der Waals surface area contributed by atoms with Crippen LogP contribution in [0.5, 0.6) is 11.5 Å². The molecule has 0 spiro atoms. The highest BCUT2D eigenvalue weighted by Gasteiger charge is 2.08. The van der Waals surface area contributed by atoms with Crippen LogP contribution in [0.4, 0.5) is 0 Å². The van der Waals surface area contributed by atoms with E-state index in [0.29, 0.717) is 5.92 Å². The second-order valence-corrected chi connectivity index (χ2v) is 5.67. The zero-order valence-electron chi connectivity index (χ0n) is 12.3. The molecule has 0 aliphatic heterocycles. The number of hydrogen-bond acceptors (Lipinski definition) is 2. The maximum Gasteiger partial charge on any atom is 0.119 e. The molecule has 112 valence electrons. The average molecular weight is 349 g/mol. The molecule has 21 heavy (non-hydrogen) atoms. The fourth-order valence-electron chi connectivity index (χ4n) is 2.20. The van der Waals surface area contributed by atoms with E-state index in [2.05, 4.69) is 46.3 Å². The molecule has 2 aromatic rings. The van der Waals surface area contributed by atoms with Gasteiger partial charge in [0.05, 0.1) is 13.7 Å². The van der Waals surface area contributed by atoms with Gasteiger partial charge in [-0.1, -0.05) is 46.3 Å². The van der Waals surface area contributed by atoms with Gasteiger partial charge in [-0.3, -0.25) is 0 Å². The van der Waals surface area contributed by atoms with E-state index in [4.69, 9.17) is 9.47 Å². The van der Waals surface area contributed by atoms with Gasteiger partial charge < -0.3 is 9.47 Å². The van der Waals surface area contributed by atoms with E-state index in [0.717, 1.165) is 36.3 Å². The minimum absolute atomic E-state index is 0.589. The van der Waals surface area contributed by atoms with E-state index in [-0.39, 0.29) is 0 Å². The maximum atomic E-state index is 5.80. The summed E-state index contributed by atoms with van der Waals surface area (Å²) in [6.45, 7) is 0.732. The van der Waals surface area contributed by atoms with Crippen LogP contribution in [0, 0.1) is 5.92 Å². The Labute approximate surface area is 135 Å². The van der Waals surface area contributed by atoms with Gasteiger partial charge in [0, 0.05) is 5.33 Å². The largest absolute Gasteiger partial charge is 0.497 e. The Bertz CT molecular complexity index is 511. The smallest absolute Gasteiger partial charge is 0.119 e. The number of benzene rings is 2. The lowest BCUT2D eigenvalue weighted by molar-refractivity contribution is 0.284. The summed E-state index contributed by atoms with van der Waals surface area (Å²) in [7, 11) is 1.67. The van der Waals surface area contributed by atoms with Crippen molar-refractivity contribution in [1.82, 2.24) is 0 Å². The molecule has 0 aliphatic rings. The fraction of sp³-hybridized carbons (Fsp3) is 0.333. The molecular formula is C18H21BrO2. The highest BCUT2D eigenvalue weighted by Crippen LogP contribution is 2.19. The molecule has 1 atom stereocenters. The molecule has 0 bridgehead atoms. The monoisotopic (exact) mass is 348 g/mol. The minimum Gasteiger partial charge on any atom is -0.497 e. The zero-order chi connectivity index (χ0) is 14.9. The molecule has 0 aromatic heterocycles. The van der Waals surface area contributed by atoms with Crippen molar-refractivity contribution in [2.24, 2.45) is 5.92 Å². The SMILES string of the molecule is COc1ccc(OCCC(CBr)Cc2ccccc2)cc1. The summed E-state index contributed by atoms with van der Waals surface area (Å²) >= 11 is 3.61. The molecule has 0 amide bonds. The Morgan fingerprint density at radius 3 is 2.24 bits per heavy atom. The van der Waals surface area contributed by atoms with Gasteiger partial charge in [0.1, 0.15) is 11.5 Å². The first-order chi connectivity index (χ1) is 10.3. The van der Waals surface area contributed by atoms with Crippen molar-refractivity contribution in [1.29, 1.82) is 0 Å². The van der Waals surface area contributed by atoms with Crippen LogP contribution in [0.1, 0.15) is 12.0 Å². The Hall–Kier alpha value is -1.48. The Balaban J connectivity index is 1.77. The van der Waals surface area contributed by atoms with Crippen LogP contribution < -0.4 is 9.47 Å². The van der Waals surface area contributed by atoms with Crippen LogP contribution in [-0.4, -0.2) is 19.0 Å². The molecule has 0 fully saturated rings. The zero-order valence-corrected chi connectivity index (χ0v) is 13.9. The highest BCUT2D eigenvalue weighted by molar-refractivity contribution is 9.09. The summed E-state index contributed by atoms with van der Waals surface area (Å²) in [5.74, 6) is 2.33. The molecule has 0 heterocycles. The van der Waals surface area contributed by atoms with Crippen LogP contribution in [0.25, 0.3) is 0 Å². The van der Waals surface area contributed by atoms with E-state index in [1.807, 2.05) is 24.3 Å². The third kappa shape index (κ3) is 5.43. The number of halogens is 1. The van der Waals surface area contributed by atoms with Crippen molar-refractivity contribution < 1.29 is 9.47 Å². The first-order valence-corrected chi connectivity index (χ1v) is 8.30. The van der Waals surface area contributed by atoms with Crippen LogP contribution >= 0.6 is 15.9 Å². The Morgan fingerprint density at radius 2 is 1.62 bits per heavy atom. The van der Waals surface area contributed by atoms with Crippen molar-refractivity contribution in [2.75, 3.05) is 19.0 Å². The van der Waals surface area contributed by atoms with Crippen molar-refractivity contribution in [3.05, 3.63) is 60.2 Å². The number of rotatable bonds is 8. The summed E-state index contributed by atoms with van der Waals surface area (Å²) in [4.78, 5) is 0. The lowest BCUT2D eigenvalue weighted by Gasteiger charge is -2.15. The van der Waals surface area contributed by atoms with Gasteiger partial charge in [0.15, 0.2) is 0 Å². The maximum absolute atomic E-state index is 5.80.